The number of ether oxygens (including phenoxy) is 3. The van der Waals surface area contributed by atoms with Crippen LogP contribution in [0.4, 0.5) is 4.39 Å². The third-order valence-corrected chi connectivity index (χ3v) is 6.44. The van der Waals surface area contributed by atoms with E-state index in [4.69, 9.17) is 25.8 Å². The number of H-pyrrole nitrogens is 1. The Labute approximate surface area is 211 Å². The largest absolute Gasteiger partial charge is 0.487 e. The average molecular weight is 508 g/mol. The molecule has 1 atom stereocenters. The first-order chi connectivity index (χ1) is 17.2. The van der Waals surface area contributed by atoms with Crippen molar-refractivity contribution >= 4 is 34.4 Å². The van der Waals surface area contributed by atoms with E-state index in [-0.39, 0.29) is 17.4 Å². The summed E-state index contributed by atoms with van der Waals surface area (Å²) in [5, 5.41) is 1.11. The average Bonchev–Trinajstić information content (AvgIpc) is 3.25. The molecule has 3 aromatic carbocycles. The number of aromatic nitrogens is 1. The van der Waals surface area contributed by atoms with Gasteiger partial charge in [0, 0.05) is 42.4 Å². The molecule has 4 aromatic rings. The van der Waals surface area contributed by atoms with Gasteiger partial charge in [-0.15, -0.1) is 0 Å². The van der Waals surface area contributed by atoms with Gasteiger partial charge in [0.05, 0.1) is 5.02 Å². The molecule has 0 aliphatic carbocycles. The van der Waals surface area contributed by atoms with Crippen LogP contribution in [0, 0.1) is 11.7 Å². The summed E-state index contributed by atoms with van der Waals surface area (Å²) in [7, 11) is 0. The third kappa shape index (κ3) is 4.54. The zero-order chi connectivity index (χ0) is 25.4. The van der Waals surface area contributed by atoms with Gasteiger partial charge in [-0.2, -0.15) is 0 Å². The number of halogens is 2. The topological polar surface area (TPSA) is 77.6 Å². The molecule has 1 N–H and O–H groups in total. The molecule has 2 heterocycles. The molecular weight excluding hydrogens is 485 g/mol. The minimum absolute atomic E-state index is 0.00598. The summed E-state index contributed by atoms with van der Waals surface area (Å²) >= 11 is 6.56. The van der Waals surface area contributed by atoms with Gasteiger partial charge in [-0.3, -0.25) is 9.59 Å². The standard InChI is InChI=1S/C28H23ClFNO5/c1-28(2)35-26(32)25(27(33)36-28)24(19-14-31-22-10-6-4-8-18(19)22)16-11-12-23(20(29)13-16)34-15-17-7-3-5-9-21(17)30/h3-14,24-25,31H,15H2,1-2H3/t24-/m1/s1. The van der Waals surface area contributed by atoms with Gasteiger partial charge in [0.2, 0.25) is 0 Å². The van der Waals surface area contributed by atoms with E-state index >= 15 is 0 Å². The molecule has 8 heteroatoms. The number of rotatable bonds is 6. The zero-order valence-corrected chi connectivity index (χ0v) is 20.3. The molecule has 1 aromatic heterocycles. The lowest BCUT2D eigenvalue weighted by Gasteiger charge is -2.36. The van der Waals surface area contributed by atoms with Crippen molar-refractivity contribution in [3.8, 4) is 5.75 Å². The fraction of sp³-hybridized carbons (Fsp3) is 0.214. The van der Waals surface area contributed by atoms with Gasteiger partial charge in [0.15, 0.2) is 5.92 Å². The van der Waals surface area contributed by atoms with Gasteiger partial charge in [-0.05, 0) is 35.4 Å². The number of esters is 2. The number of cyclic esters (lactones) is 2. The second kappa shape index (κ2) is 9.32. The zero-order valence-electron chi connectivity index (χ0n) is 19.6. The van der Waals surface area contributed by atoms with Gasteiger partial charge in [0.25, 0.3) is 5.79 Å². The van der Waals surface area contributed by atoms with Crippen molar-refractivity contribution in [1.29, 1.82) is 0 Å². The summed E-state index contributed by atoms with van der Waals surface area (Å²) in [5.41, 5.74) is 2.57. The van der Waals surface area contributed by atoms with Crippen LogP contribution in [-0.2, 0) is 25.7 Å². The number of carbonyl (C=O) groups excluding carboxylic acids is 2. The predicted octanol–water partition coefficient (Wildman–Crippen LogP) is 6.12. The first-order valence-electron chi connectivity index (χ1n) is 11.4. The number of nitrogens with one attached hydrogen (secondary N) is 1. The molecule has 0 bridgehead atoms. The summed E-state index contributed by atoms with van der Waals surface area (Å²) in [6.07, 6.45) is 1.77. The van der Waals surface area contributed by atoms with Crippen molar-refractivity contribution < 1.29 is 28.2 Å². The molecular formula is C28H23ClFNO5. The molecule has 0 amide bonds. The molecule has 0 spiro atoms. The summed E-state index contributed by atoms with van der Waals surface area (Å²) in [4.78, 5) is 29.4. The highest BCUT2D eigenvalue weighted by Crippen LogP contribution is 2.42. The monoisotopic (exact) mass is 507 g/mol. The minimum Gasteiger partial charge on any atom is -0.487 e. The molecule has 1 fully saturated rings. The lowest BCUT2D eigenvalue weighted by molar-refractivity contribution is -0.240. The number of benzene rings is 3. The van der Waals surface area contributed by atoms with Crippen molar-refractivity contribution in [1.82, 2.24) is 4.98 Å². The van der Waals surface area contributed by atoms with Crippen LogP contribution in [0.25, 0.3) is 10.9 Å². The van der Waals surface area contributed by atoms with Crippen LogP contribution in [0.15, 0.2) is 72.9 Å². The van der Waals surface area contributed by atoms with E-state index in [9.17, 15) is 14.0 Å². The predicted molar refractivity (Wildman–Crippen MR) is 132 cm³/mol. The highest BCUT2D eigenvalue weighted by Gasteiger charge is 2.48. The second-order valence-corrected chi connectivity index (χ2v) is 9.46. The molecule has 1 aliphatic heterocycles. The van der Waals surface area contributed by atoms with Crippen molar-refractivity contribution in [3.05, 3.63) is 100 Å². The number of hydrogen-bond acceptors (Lipinski definition) is 5. The van der Waals surface area contributed by atoms with Gasteiger partial charge in [-0.25, -0.2) is 4.39 Å². The number of para-hydroxylation sites is 1. The van der Waals surface area contributed by atoms with Crippen LogP contribution in [0.5, 0.6) is 5.75 Å². The van der Waals surface area contributed by atoms with Gasteiger partial charge < -0.3 is 19.2 Å². The van der Waals surface area contributed by atoms with Crippen LogP contribution in [0.3, 0.4) is 0 Å². The van der Waals surface area contributed by atoms with E-state index in [0.717, 1.165) is 16.5 Å². The van der Waals surface area contributed by atoms with Gasteiger partial charge in [0.1, 0.15) is 18.2 Å². The molecule has 6 nitrogen and oxygen atoms in total. The molecule has 184 valence electrons. The molecule has 1 aliphatic rings. The smallest absolute Gasteiger partial charge is 0.324 e. The molecule has 36 heavy (non-hydrogen) atoms. The van der Waals surface area contributed by atoms with Crippen LogP contribution in [-0.4, -0.2) is 22.7 Å². The molecule has 5 rings (SSSR count). The Kier molecular flexibility index (Phi) is 6.18. The van der Waals surface area contributed by atoms with Crippen molar-refractivity contribution in [2.45, 2.75) is 32.2 Å². The normalized spacial score (nSPS) is 16.4. The summed E-state index contributed by atoms with van der Waals surface area (Å²) in [6, 6.07) is 18.9. The lowest BCUT2D eigenvalue weighted by atomic mass is 9.80. The van der Waals surface area contributed by atoms with Crippen LogP contribution < -0.4 is 4.74 Å². The van der Waals surface area contributed by atoms with E-state index in [1.165, 1.54) is 19.9 Å². The van der Waals surface area contributed by atoms with Gasteiger partial charge in [-0.1, -0.05) is 54.1 Å². The minimum atomic E-state index is -1.35. The Morgan fingerprint density at radius 2 is 1.72 bits per heavy atom. The van der Waals surface area contributed by atoms with Crippen LogP contribution >= 0.6 is 11.6 Å². The van der Waals surface area contributed by atoms with E-state index in [2.05, 4.69) is 4.98 Å². The SMILES string of the molecule is CC1(C)OC(=O)C([C@H](c2ccc(OCc3ccccc3F)c(Cl)c2)c2c[nH]c3ccccc23)C(=O)O1. The lowest BCUT2D eigenvalue weighted by Crippen LogP contribution is -2.48. The second-order valence-electron chi connectivity index (χ2n) is 9.06. The molecule has 0 saturated carbocycles. The Bertz CT molecular complexity index is 1440. The maximum absolute atomic E-state index is 14.0. The number of fused-ring (bicyclic) bond motifs is 1. The highest BCUT2D eigenvalue weighted by molar-refractivity contribution is 6.32. The first-order valence-corrected chi connectivity index (χ1v) is 11.8. The van der Waals surface area contributed by atoms with Crippen molar-refractivity contribution in [2.24, 2.45) is 5.92 Å². The Morgan fingerprint density at radius 3 is 2.44 bits per heavy atom. The van der Waals surface area contributed by atoms with Crippen LogP contribution in [0.1, 0.15) is 36.5 Å². The molecule has 0 radical (unpaired) electrons. The summed E-state index contributed by atoms with van der Waals surface area (Å²) in [6.45, 7) is 3.02. The fourth-order valence-electron chi connectivity index (χ4n) is 4.50. The Balaban J connectivity index is 1.53. The first kappa shape index (κ1) is 23.9. The Hall–Kier alpha value is -3.84. The van der Waals surface area contributed by atoms with E-state index in [0.29, 0.717) is 16.9 Å². The maximum atomic E-state index is 14.0. The van der Waals surface area contributed by atoms with E-state index in [1.807, 2.05) is 24.3 Å². The number of carbonyl (C=O) groups is 2. The van der Waals surface area contributed by atoms with E-state index in [1.54, 1.807) is 42.6 Å². The number of aromatic amines is 1. The summed E-state index contributed by atoms with van der Waals surface area (Å²) < 4.78 is 30.6. The molecule has 0 unspecified atom stereocenters. The quantitative estimate of drug-likeness (QED) is 0.251. The van der Waals surface area contributed by atoms with Crippen molar-refractivity contribution in [3.63, 3.8) is 0 Å². The number of hydrogen-bond donors (Lipinski definition) is 1. The maximum Gasteiger partial charge on any atom is 0.324 e. The molecule has 1 saturated heterocycles. The Morgan fingerprint density at radius 1 is 1.03 bits per heavy atom. The van der Waals surface area contributed by atoms with Crippen LogP contribution in [0.2, 0.25) is 5.02 Å². The van der Waals surface area contributed by atoms with Gasteiger partial charge >= 0.3 is 11.9 Å². The summed E-state index contributed by atoms with van der Waals surface area (Å²) in [5.74, 6) is -4.71. The van der Waals surface area contributed by atoms with Crippen molar-refractivity contribution in [2.75, 3.05) is 0 Å². The third-order valence-electron chi connectivity index (χ3n) is 6.15. The fourth-order valence-corrected chi connectivity index (χ4v) is 4.75. The highest BCUT2D eigenvalue weighted by atomic mass is 35.5. The van der Waals surface area contributed by atoms with E-state index < -0.39 is 29.6 Å².